The lowest BCUT2D eigenvalue weighted by Crippen LogP contribution is -2.40. The number of aromatic nitrogens is 1. The summed E-state index contributed by atoms with van der Waals surface area (Å²) in [5.41, 5.74) is 0. The highest BCUT2D eigenvalue weighted by Gasteiger charge is 2.37. The molecule has 1 aliphatic heterocycles. The first-order valence-electron chi connectivity index (χ1n) is 5.44. The Labute approximate surface area is 105 Å². The van der Waals surface area contributed by atoms with Crippen LogP contribution in [-0.4, -0.2) is 42.2 Å². The van der Waals surface area contributed by atoms with Crippen LogP contribution in [0.3, 0.4) is 0 Å². The van der Waals surface area contributed by atoms with Crippen LogP contribution in [0, 0.1) is 6.92 Å². The second-order valence-corrected chi connectivity index (χ2v) is 7.87. The molecule has 0 aromatic carbocycles. The summed E-state index contributed by atoms with van der Waals surface area (Å²) in [5.74, 6) is -0.142. The van der Waals surface area contributed by atoms with Crippen LogP contribution >= 0.6 is 11.3 Å². The fraction of sp³-hybridized carbons (Fsp3) is 0.700. The van der Waals surface area contributed by atoms with Gasteiger partial charge in [-0.3, -0.25) is 0 Å². The van der Waals surface area contributed by atoms with Crippen molar-refractivity contribution >= 4 is 21.2 Å². The van der Waals surface area contributed by atoms with E-state index >= 15 is 0 Å². The van der Waals surface area contributed by atoms with Gasteiger partial charge in [-0.25, -0.2) is 13.4 Å². The van der Waals surface area contributed by atoms with E-state index in [9.17, 15) is 13.5 Å². The Kier molecular flexibility index (Phi) is 3.53. The Bertz CT molecular complexity index is 497. The lowest BCUT2D eigenvalue weighted by molar-refractivity contribution is 0.160. The molecule has 7 heteroatoms. The number of nitrogens with zero attached hydrogens (tertiary/aromatic N) is 1. The maximum Gasteiger partial charge on any atom is 0.154 e. The molecule has 2 N–H and O–H groups in total. The minimum atomic E-state index is -3.10. The van der Waals surface area contributed by atoms with Crippen molar-refractivity contribution in [1.29, 1.82) is 0 Å². The van der Waals surface area contributed by atoms with Gasteiger partial charge < -0.3 is 10.4 Å². The number of hydrogen-bond donors (Lipinski definition) is 2. The Hall–Kier alpha value is -0.500. The topological polar surface area (TPSA) is 79.3 Å². The molecular formula is C10H16N2O3S2. The van der Waals surface area contributed by atoms with Crippen molar-refractivity contribution in [2.75, 3.05) is 11.5 Å². The molecule has 1 aliphatic rings. The van der Waals surface area contributed by atoms with E-state index < -0.39 is 15.9 Å². The first-order valence-corrected chi connectivity index (χ1v) is 8.08. The van der Waals surface area contributed by atoms with E-state index in [0.717, 1.165) is 9.88 Å². The molecule has 1 fully saturated rings. The van der Waals surface area contributed by atoms with Gasteiger partial charge >= 0.3 is 0 Å². The van der Waals surface area contributed by atoms with E-state index in [4.69, 9.17) is 0 Å². The standard InChI is InChI=1S/C10H16N2O3S2/c1-6-3-11-10(16-6)7(2)12-8-4-17(14,15)5-9(8)13/h3,7-9,12-13H,4-5H2,1-2H3. The summed E-state index contributed by atoms with van der Waals surface area (Å²) in [4.78, 5) is 5.36. The van der Waals surface area contributed by atoms with E-state index in [1.54, 1.807) is 17.5 Å². The highest BCUT2D eigenvalue weighted by atomic mass is 32.2. The van der Waals surface area contributed by atoms with Crippen LogP contribution in [0.15, 0.2) is 6.20 Å². The van der Waals surface area contributed by atoms with Gasteiger partial charge in [0.1, 0.15) is 5.01 Å². The average molecular weight is 276 g/mol. The predicted molar refractivity (Wildman–Crippen MR) is 66.9 cm³/mol. The second kappa shape index (κ2) is 4.64. The molecule has 5 nitrogen and oxygen atoms in total. The van der Waals surface area contributed by atoms with Crippen molar-refractivity contribution in [2.24, 2.45) is 0 Å². The van der Waals surface area contributed by atoms with Crippen molar-refractivity contribution in [3.63, 3.8) is 0 Å². The van der Waals surface area contributed by atoms with Gasteiger partial charge in [0.25, 0.3) is 0 Å². The Balaban J connectivity index is 2.02. The molecule has 1 saturated heterocycles. The van der Waals surface area contributed by atoms with Gasteiger partial charge in [0.2, 0.25) is 0 Å². The van der Waals surface area contributed by atoms with Crippen LogP contribution in [0.2, 0.25) is 0 Å². The molecule has 96 valence electrons. The number of aliphatic hydroxyl groups is 1. The molecule has 0 aliphatic carbocycles. The lowest BCUT2D eigenvalue weighted by atomic mass is 10.2. The molecule has 3 atom stereocenters. The smallest absolute Gasteiger partial charge is 0.154 e. The van der Waals surface area contributed by atoms with Gasteiger partial charge in [-0.05, 0) is 13.8 Å². The third-order valence-corrected chi connectivity index (χ3v) is 5.61. The number of aliphatic hydroxyl groups excluding tert-OH is 1. The van der Waals surface area contributed by atoms with Crippen molar-refractivity contribution < 1.29 is 13.5 Å². The van der Waals surface area contributed by atoms with E-state index in [0.29, 0.717) is 0 Å². The summed E-state index contributed by atoms with van der Waals surface area (Å²) in [5, 5.41) is 13.7. The van der Waals surface area contributed by atoms with Crippen LogP contribution in [0.25, 0.3) is 0 Å². The summed E-state index contributed by atoms with van der Waals surface area (Å²) in [6.45, 7) is 3.90. The normalized spacial score (nSPS) is 29.4. The van der Waals surface area contributed by atoms with Gasteiger partial charge in [0, 0.05) is 17.1 Å². The summed E-state index contributed by atoms with van der Waals surface area (Å²) < 4.78 is 22.7. The molecule has 1 aromatic rings. The lowest BCUT2D eigenvalue weighted by Gasteiger charge is -2.19. The number of sulfone groups is 1. The predicted octanol–water partition coefficient (Wildman–Crippen LogP) is 0.260. The van der Waals surface area contributed by atoms with Crippen molar-refractivity contribution in [1.82, 2.24) is 10.3 Å². The van der Waals surface area contributed by atoms with Crippen molar-refractivity contribution in [3.05, 3.63) is 16.1 Å². The maximum absolute atomic E-state index is 11.4. The zero-order chi connectivity index (χ0) is 12.6. The van der Waals surface area contributed by atoms with Gasteiger partial charge in [0.15, 0.2) is 9.84 Å². The number of thiazole rings is 1. The zero-order valence-corrected chi connectivity index (χ0v) is 11.4. The number of aryl methyl sites for hydroxylation is 1. The summed E-state index contributed by atoms with van der Waals surface area (Å²) in [6.07, 6.45) is 0.975. The van der Waals surface area contributed by atoms with Crippen molar-refractivity contribution in [3.8, 4) is 0 Å². The van der Waals surface area contributed by atoms with E-state index in [-0.39, 0.29) is 23.6 Å². The summed E-state index contributed by atoms with van der Waals surface area (Å²) >= 11 is 1.58. The molecule has 0 saturated carbocycles. The fourth-order valence-electron chi connectivity index (χ4n) is 1.95. The van der Waals surface area contributed by atoms with E-state index in [1.807, 2.05) is 13.8 Å². The van der Waals surface area contributed by atoms with Crippen LogP contribution in [0.1, 0.15) is 22.9 Å². The monoisotopic (exact) mass is 276 g/mol. The Morgan fingerprint density at radius 1 is 1.59 bits per heavy atom. The third kappa shape index (κ3) is 3.04. The highest BCUT2D eigenvalue weighted by molar-refractivity contribution is 7.91. The van der Waals surface area contributed by atoms with Gasteiger partial charge in [0.05, 0.1) is 23.7 Å². The van der Waals surface area contributed by atoms with Crippen LogP contribution in [0.5, 0.6) is 0 Å². The van der Waals surface area contributed by atoms with E-state index in [1.165, 1.54) is 0 Å². The van der Waals surface area contributed by atoms with Crippen LogP contribution in [0.4, 0.5) is 0 Å². The molecule has 1 aromatic heterocycles. The summed E-state index contributed by atoms with van der Waals surface area (Å²) in [6, 6.07) is -0.430. The van der Waals surface area contributed by atoms with Gasteiger partial charge in [-0.1, -0.05) is 0 Å². The number of hydrogen-bond acceptors (Lipinski definition) is 6. The van der Waals surface area contributed by atoms with Gasteiger partial charge in [-0.15, -0.1) is 11.3 Å². The molecule has 3 unspecified atom stereocenters. The first kappa shape index (κ1) is 12.9. The summed E-state index contributed by atoms with van der Waals surface area (Å²) in [7, 11) is -3.10. The van der Waals surface area contributed by atoms with Crippen LogP contribution in [-0.2, 0) is 9.84 Å². The molecule has 2 heterocycles. The minimum absolute atomic E-state index is 0.00284. The minimum Gasteiger partial charge on any atom is -0.390 e. The fourth-order valence-corrected chi connectivity index (χ4v) is 4.49. The first-order chi connectivity index (χ1) is 7.87. The molecule has 0 amide bonds. The average Bonchev–Trinajstić information content (AvgIpc) is 2.71. The molecule has 2 rings (SSSR count). The quantitative estimate of drug-likeness (QED) is 0.828. The second-order valence-electron chi connectivity index (χ2n) is 4.45. The van der Waals surface area contributed by atoms with Crippen LogP contribution < -0.4 is 5.32 Å². The molecule has 0 spiro atoms. The molecular weight excluding hydrogens is 260 g/mol. The SMILES string of the molecule is Cc1cnc(C(C)NC2CS(=O)(=O)CC2O)s1. The zero-order valence-electron chi connectivity index (χ0n) is 9.75. The molecule has 0 bridgehead atoms. The third-order valence-electron chi connectivity index (χ3n) is 2.80. The van der Waals surface area contributed by atoms with Gasteiger partial charge in [-0.2, -0.15) is 0 Å². The maximum atomic E-state index is 11.4. The molecule has 17 heavy (non-hydrogen) atoms. The largest absolute Gasteiger partial charge is 0.390 e. The Morgan fingerprint density at radius 3 is 2.76 bits per heavy atom. The van der Waals surface area contributed by atoms with Crippen molar-refractivity contribution in [2.45, 2.75) is 32.0 Å². The highest BCUT2D eigenvalue weighted by Crippen LogP contribution is 2.22. The van der Waals surface area contributed by atoms with E-state index in [2.05, 4.69) is 10.3 Å². The number of nitrogens with one attached hydrogen (secondary N) is 1. The Morgan fingerprint density at radius 2 is 2.29 bits per heavy atom. The number of rotatable bonds is 3. The molecule has 0 radical (unpaired) electrons.